The fourth-order valence-electron chi connectivity index (χ4n) is 4.26. The van der Waals surface area contributed by atoms with Crippen LogP contribution in [0.3, 0.4) is 0 Å². The molecule has 0 spiro atoms. The molecule has 0 radical (unpaired) electrons. The van der Waals surface area contributed by atoms with Crippen LogP contribution in [0.15, 0.2) is 59.7 Å². The molecule has 1 atom stereocenters. The van der Waals surface area contributed by atoms with E-state index in [0.29, 0.717) is 30.3 Å². The topological polar surface area (TPSA) is 114 Å². The Bertz CT molecular complexity index is 1430. The van der Waals surface area contributed by atoms with E-state index in [4.69, 9.17) is 10.7 Å². The number of nitriles is 1. The molecular weight excluding hydrogens is 409 g/mol. The van der Waals surface area contributed by atoms with Gasteiger partial charge in [-0.3, -0.25) is 9.36 Å². The normalized spacial score (nSPS) is 15.8. The van der Waals surface area contributed by atoms with Crippen LogP contribution in [0.2, 0.25) is 0 Å². The number of hydrogen-bond donors (Lipinski definition) is 1. The zero-order valence-electron chi connectivity index (χ0n) is 16.9. The number of hydrogen-bond acceptors (Lipinski definition) is 7. The van der Waals surface area contributed by atoms with E-state index in [9.17, 15) is 14.4 Å². The van der Waals surface area contributed by atoms with Crippen molar-refractivity contribution in [3.8, 4) is 11.8 Å². The second kappa shape index (κ2) is 7.74. The Morgan fingerprint density at radius 1 is 1.12 bits per heavy atom. The van der Waals surface area contributed by atoms with E-state index < -0.39 is 11.4 Å². The summed E-state index contributed by atoms with van der Waals surface area (Å²) in [5.74, 6) is 0.334. The molecule has 32 heavy (non-hydrogen) atoms. The van der Waals surface area contributed by atoms with E-state index in [1.807, 2.05) is 23.1 Å². The second-order valence-electron chi connectivity index (χ2n) is 7.50. The second-order valence-corrected chi connectivity index (χ2v) is 7.50. The summed E-state index contributed by atoms with van der Waals surface area (Å²) in [5.41, 5.74) is 6.47. The van der Waals surface area contributed by atoms with Crippen molar-refractivity contribution in [2.24, 2.45) is 0 Å². The van der Waals surface area contributed by atoms with E-state index >= 15 is 0 Å². The quantitative estimate of drug-likeness (QED) is 0.534. The summed E-state index contributed by atoms with van der Waals surface area (Å²) in [6.07, 6.45) is 2.79. The summed E-state index contributed by atoms with van der Waals surface area (Å²) >= 11 is 0. The number of nitrogens with two attached hydrogens (primary N) is 1. The van der Waals surface area contributed by atoms with E-state index in [1.54, 1.807) is 18.2 Å². The van der Waals surface area contributed by atoms with Crippen molar-refractivity contribution < 1.29 is 4.39 Å². The van der Waals surface area contributed by atoms with Crippen LogP contribution in [-0.2, 0) is 0 Å². The Kier molecular flexibility index (Phi) is 4.75. The lowest BCUT2D eigenvalue weighted by atomic mass is 10.1. The highest BCUT2D eigenvalue weighted by Crippen LogP contribution is 2.37. The summed E-state index contributed by atoms with van der Waals surface area (Å²) < 4.78 is 16.1. The third kappa shape index (κ3) is 3.04. The predicted molar refractivity (Wildman–Crippen MR) is 118 cm³/mol. The molecule has 1 unspecified atom stereocenters. The first-order valence-corrected chi connectivity index (χ1v) is 10.1. The Balaban J connectivity index is 1.78. The maximum absolute atomic E-state index is 14.6. The number of rotatable bonds is 3. The minimum Gasteiger partial charge on any atom is -0.382 e. The molecule has 0 saturated carbocycles. The summed E-state index contributed by atoms with van der Waals surface area (Å²) in [6, 6.07) is 15.1. The smallest absolute Gasteiger partial charge is 0.269 e. The lowest BCUT2D eigenvalue weighted by Gasteiger charge is -2.28. The number of aromatic nitrogens is 4. The van der Waals surface area contributed by atoms with Crippen LogP contribution in [0.1, 0.15) is 30.3 Å². The molecule has 1 saturated heterocycles. The van der Waals surface area contributed by atoms with Crippen molar-refractivity contribution in [3.05, 3.63) is 82.4 Å². The van der Waals surface area contributed by atoms with Gasteiger partial charge in [-0.1, -0.05) is 24.3 Å². The molecule has 2 N–H and O–H groups in total. The Morgan fingerprint density at radius 2 is 1.94 bits per heavy atom. The zero-order chi connectivity index (χ0) is 22.2. The molecule has 5 rings (SSSR count). The fraction of sp³-hybridized carbons (Fsp3) is 0.174. The molecule has 158 valence electrons. The number of nitrogen functional groups attached to an aromatic ring is 1. The van der Waals surface area contributed by atoms with Crippen LogP contribution in [0.4, 0.5) is 16.0 Å². The number of anilines is 2. The first kappa shape index (κ1) is 19.6. The molecular formula is C23H18FN7O. The van der Waals surface area contributed by atoms with Crippen LogP contribution < -0.4 is 16.2 Å². The molecule has 0 amide bonds. The van der Waals surface area contributed by atoms with Gasteiger partial charge in [-0.2, -0.15) is 5.26 Å². The first-order valence-electron chi connectivity index (χ1n) is 10.1. The van der Waals surface area contributed by atoms with E-state index in [1.165, 1.54) is 23.0 Å². The molecule has 2 aromatic heterocycles. The summed E-state index contributed by atoms with van der Waals surface area (Å²) in [4.78, 5) is 28.4. The van der Waals surface area contributed by atoms with Crippen molar-refractivity contribution in [1.82, 2.24) is 19.5 Å². The number of benzene rings is 2. The van der Waals surface area contributed by atoms with Gasteiger partial charge in [0.25, 0.3) is 5.56 Å². The molecule has 8 nitrogen and oxygen atoms in total. The fourth-order valence-corrected chi connectivity index (χ4v) is 4.26. The molecule has 2 aromatic carbocycles. The van der Waals surface area contributed by atoms with Crippen LogP contribution in [-0.4, -0.2) is 26.1 Å². The highest BCUT2D eigenvalue weighted by Gasteiger charge is 2.34. The van der Waals surface area contributed by atoms with Crippen molar-refractivity contribution >= 4 is 22.5 Å². The molecule has 0 bridgehead atoms. The van der Waals surface area contributed by atoms with Crippen molar-refractivity contribution in [2.45, 2.75) is 18.9 Å². The molecule has 3 heterocycles. The first-order chi connectivity index (χ1) is 15.6. The van der Waals surface area contributed by atoms with Crippen LogP contribution in [0.5, 0.6) is 0 Å². The van der Waals surface area contributed by atoms with Gasteiger partial charge >= 0.3 is 0 Å². The van der Waals surface area contributed by atoms with Gasteiger partial charge in [-0.05, 0) is 37.1 Å². The third-order valence-electron chi connectivity index (χ3n) is 5.68. The highest BCUT2D eigenvalue weighted by atomic mass is 19.1. The van der Waals surface area contributed by atoms with Crippen molar-refractivity contribution in [1.29, 1.82) is 5.26 Å². The van der Waals surface area contributed by atoms with E-state index in [2.05, 4.69) is 16.0 Å². The molecule has 9 heteroatoms. The van der Waals surface area contributed by atoms with E-state index in [0.717, 1.165) is 6.42 Å². The summed E-state index contributed by atoms with van der Waals surface area (Å²) in [6.45, 7) is 0.599. The lowest BCUT2D eigenvalue weighted by Crippen LogP contribution is -2.32. The van der Waals surface area contributed by atoms with Crippen molar-refractivity contribution in [3.63, 3.8) is 0 Å². The number of nitrogens with zero attached hydrogens (tertiary/aromatic N) is 6. The molecule has 1 aliphatic rings. The predicted octanol–water partition coefficient (Wildman–Crippen LogP) is 3.11. The van der Waals surface area contributed by atoms with Gasteiger partial charge in [0.1, 0.15) is 40.8 Å². The highest BCUT2D eigenvalue weighted by molar-refractivity contribution is 5.79. The maximum atomic E-state index is 14.6. The largest absolute Gasteiger partial charge is 0.382 e. The van der Waals surface area contributed by atoms with Gasteiger partial charge in [0.2, 0.25) is 0 Å². The van der Waals surface area contributed by atoms with E-state index in [-0.39, 0.29) is 28.3 Å². The summed E-state index contributed by atoms with van der Waals surface area (Å²) in [7, 11) is 0. The summed E-state index contributed by atoms with van der Waals surface area (Å²) in [5, 5.41) is 9.55. The molecule has 4 aromatic rings. The van der Waals surface area contributed by atoms with Gasteiger partial charge in [0.15, 0.2) is 5.82 Å². The average molecular weight is 427 g/mol. The monoisotopic (exact) mass is 427 g/mol. The van der Waals surface area contributed by atoms with Crippen LogP contribution >= 0.6 is 0 Å². The number of halogens is 1. The van der Waals surface area contributed by atoms with Gasteiger partial charge in [-0.15, -0.1) is 0 Å². The third-order valence-corrected chi connectivity index (χ3v) is 5.68. The number of para-hydroxylation sites is 1. The maximum Gasteiger partial charge on any atom is 0.269 e. The Hall–Kier alpha value is -4.32. The Morgan fingerprint density at radius 3 is 2.72 bits per heavy atom. The van der Waals surface area contributed by atoms with Crippen molar-refractivity contribution in [2.75, 3.05) is 17.2 Å². The minimum absolute atomic E-state index is 0.0614. The van der Waals surface area contributed by atoms with Crippen LogP contribution in [0.25, 0.3) is 16.6 Å². The SMILES string of the molecule is N#Cc1c(N)ncnc1N1CCCC1c1nc2cccc(F)c2c(=O)n1-c1ccccc1. The minimum atomic E-state index is -0.616. The standard InChI is InChI=1S/C23H18FN7O/c24-16-8-4-9-17-19(16)23(32)31(14-6-2-1-3-7-14)22(29-17)18-10-5-11-30(18)21-15(12-25)20(26)27-13-28-21/h1-4,6-9,13,18H,5,10-11H2,(H2,26,27,28). The van der Waals surface area contributed by atoms with Crippen LogP contribution in [0, 0.1) is 17.1 Å². The molecule has 0 aliphatic carbocycles. The van der Waals surface area contributed by atoms with Gasteiger partial charge in [0.05, 0.1) is 17.2 Å². The Labute approximate surface area is 182 Å². The van der Waals surface area contributed by atoms with Gasteiger partial charge < -0.3 is 10.6 Å². The van der Waals surface area contributed by atoms with Gasteiger partial charge in [0, 0.05) is 6.54 Å². The lowest BCUT2D eigenvalue weighted by molar-refractivity contribution is 0.620. The molecule has 1 fully saturated rings. The average Bonchev–Trinajstić information content (AvgIpc) is 3.29. The van der Waals surface area contributed by atoms with Gasteiger partial charge in [-0.25, -0.2) is 19.3 Å². The number of fused-ring (bicyclic) bond motifs is 1. The molecule has 1 aliphatic heterocycles. The zero-order valence-corrected chi connectivity index (χ0v) is 16.9.